The van der Waals surface area contributed by atoms with Crippen molar-refractivity contribution in [1.29, 1.82) is 0 Å². The fourth-order valence-electron chi connectivity index (χ4n) is 4.25. The van der Waals surface area contributed by atoms with Crippen LogP contribution in [0.25, 0.3) is 0 Å². The van der Waals surface area contributed by atoms with Gasteiger partial charge in [-0.1, -0.05) is 6.42 Å². The molecule has 0 spiro atoms. The van der Waals surface area contributed by atoms with Gasteiger partial charge in [0.2, 0.25) is 0 Å². The third-order valence-electron chi connectivity index (χ3n) is 5.45. The lowest BCUT2D eigenvalue weighted by molar-refractivity contribution is 0.348. The Kier molecular flexibility index (Phi) is 4.18. The predicted octanol–water partition coefficient (Wildman–Crippen LogP) is 4.38. The Bertz CT molecular complexity index is 422. The fourth-order valence-corrected chi connectivity index (χ4v) is 4.25. The van der Waals surface area contributed by atoms with E-state index in [-0.39, 0.29) is 0 Å². The third kappa shape index (κ3) is 2.79. The van der Waals surface area contributed by atoms with Crippen LogP contribution < -0.4 is 10.2 Å². The highest BCUT2D eigenvalue weighted by atomic mass is 15.1. The van der Waals surface area contributed by atoms with E-state index in [9.17, 15) is 0 Å². The van der Waals surface area contributed by atoms with Crippen LogP contribution in [0.4, 0.5) is 11.4 Å². The van der Waals surface area contributed by atoms with E-state index in [0.717, 1.165) is 30.8 Å². The molecule has 110 valence electrons. The summed E-state index contributed by atoms with van der Waals surface area (Å²) in [7, 11) is 0. The minimum Gasteiger partial charge on any atom is -0.385 e. The van der Waals surface area contributed by atoms with Gasteiger partial charge in [-0.2, -0.15) is 0 Å². The van der Waals surface area contributed by atoms with Gasteiger partial charge in [-0.15, -0.1) is 0 Å². The maximum atomic E-state index is 3.66. The van der Waals surface area contributed by atoms with Gasteiger partial charge in [0.15, 0.2) is 0 Å². The normalized spacial score (nSPS) is 27.8. The predicted molar refractivity (Wildman–Crippen MR) is 87.4 cm³/mol. The summed E-state index contributed by atoms with van der Waals surface area (Å²) in [5.74, 6) is 3.00. The van der Waals surface area contributed by atoms with Crippen LogP contribution in [0.2, 0.25) is 0 Å². The molecule has 1 N–H and O–H groups in total. The molecule has 3 rings (SSSR count). The van der Waals surface area contributed by atoms with Gasteiger partial charge in [0.1, 0.15) is 0 Å². The molecule has 2 aliphatic rings. The summed E-state index contributed by atoms with van der Waals surface area (Å²) in [6.07, 6.45) is 5.96. The van der Waals surface area contributed by atoms with E-state index in [1.54, 1.807) is 0 Å². The zero-order valence-electron chi connectivity index (χ0n) is 12.9. The molecule has 2 saturated carbocycles. The molecule has 0 radical (unpaired) electrons. The molecular weight excluding hydrogens is 244 g/mol. The molecule has 20 heavy (non-hydrogen) atoms. The molecule has 0 aliphatic heterocycles. The quantitative estimate of drug-likeness (QED) is 0.826. The number of nitrogens with zero attached hydrogens (tertiary/aromatic N) is 1. The van der Waals surface area contributed by atoms with Gasteiger partial charge >= 0.3 is 0 Å². The Labute approximate surface area is 123 Å². The Morgan fingerprint density at radius 1 is 1.05 bits per heavy atom. The zero-order valence-corrected chi connectivity index (χ0v) is 12.9. The molecule has 0 aromatic heterocycles. The number of rotatable bonds is 6. The number of anilines is 2. The standard InChI is InChI=1S/C18H28N2/c1-3-20(4-2)18-9-7-17(8-10-18)19-13-16-12-14-5-6-15(16)11-14/h7-10,14-16,19H,3-6,11-13H2,1-2H3. The van der Waals surface area contributed by atoms with Crippen molar-refractivity contribution in [2.24, 2.45) is 17.8 Å². The molecule has 2 bridgehead atoms. The van der Waals surface area contributed by atoms with Crippen molar-refractivity contribution >= 4 is 11.4 Å². The van der Waals surface area contributed by atoms with E-state index in [1.807, 2.05) is 0 Å². The largest absolute Gasteiger partial charge is 0.385 e. The average Bonchev–Trinajstić information content (AvgIpc) is 3.10. The molecule has 3 atom stereocenters. The van der Waals surface area contributed by atoms with E-state index >= 15 is 0 Å². The van der Waals surface area contributed by atoms with Crippen LogP contribution in [0.15, 0.2) is 24.3 Å². The Hall–Kier alpha value is -1.18. The van der Waals surface area contributed by atoms with Crippen molar-refractivity contribution in [1.82, 2.24) is 0 Å². The van der Waals surface area contributed by atoms with Crippen molar-refractivity contribution in [3.05, 3.63) is 24.3 Å². The first kappa shape index (κ1) is 13.8. The molecule has 2 aliphatic carbocycles. The summed E-state index contributed by atoms with van der Waals surface area (Å²) < 4.78 is 0. The molecular formula is C18H28N2. The Morgan fingerprint density at radius 3 is 2.35 bits per heavy atom. The van der Waals surface area contributed by atoms with Crippen LogP contribution in [0.3, 0.4) is 0 Å². The van der Waals surface area contributed by atoms with Crippen LogP contribution in [-0.4, -0.2) is 19.6 Å². The summed E-state index contributed by atoms with van der Waals surface area (Å²) in [5, 5.41) is 3.66. The lowest BCUT2D eigenvalue weighted by Crippen LogP contribution is -2.22. The first-order valence-electron chi connectivity index (χ1n) is 8.39. The van der Waals surface area contributed by atoms with E-state index in [2.05, 4.69) is 48.3 Å². The first-order valence-corrected chi connectivity index (χ1v) is 8.39. The molecule has 0 heterocycles. The summed E-state index contributed by atoms with van der Waals surface area (Å²) in [6, 6.07) is 8.97. The van der Waals surface area contributed by atoms with Crippen molar-refractivity contribution in [2.45, 2.75) is 39.5 Å². The molecule has 1 aromatic carbocycles. The van der Waals surface area contributed by atoms with Crippen molar-refractivity contribution in [3.8, 4) is 0 Å². The smallest absolute Gasteiger partial charge is 0.0367 e. The Balaban J connectivity index is 1.53. The highest BCUT2D eigenvalue weighted by Gasteiger charge is 2.38. The second-order valence-electron chi connectivity index (χ2n) is 6.54. The van der Waals surface area contributed by atoms with E-state index in [4.69, 9.17) is 0 Å². The van der Waals surface area contributed by atoms with Gasteiger partial charge in [-0.25, -0.2) is 0 Å². The minimum absolute atomic E-state index is 0.927. The highest BCUT2D eigenvalue weighted by molar-refractivity contribution is 5.55. The van der Waals surface area contributed by atoms with Crippen molar-refractivity contribution in [2.75, 3.05) is 29.9 Å². The lowest BCUT2D eigenvalue weighted by atomic mass is 9.89. The summed E-state index contributed by atoms with van der Waals surface area (Å²) in [4.78, 5) is 2.39. The molecule has 3 unspecified atom stereocenters. The van der Waals surface area contributed by atoms with Crippen LogP contribution in [0.5, 0.6) is 0 Å². The van der Waals surface area contributed by atoms with Crippen LogP contribution >= 0.6 is 0 Å². The van der Waals surface area contributed by atoms with Gasteiger partial charge < -0.3 is 10.2 Å². The molecule has 2 nitrogen and oxygen atoms in total. The minimum atomic E-state index is 0.927. The second kappa shape index (κ2) is 6.07. The van der Waals surface area contributed by atoms with Crippen molar-refractivity contribution < 1.29 is 0 Å². The topological polar surface area (TPSA) is 15.3 Å². The fraction of sp³-hybridized carbons (Fsp3) is 0.667. The lowest BCUT2D eigenvalue weighted by Gasteiger charge is -2.23. The van der Waals surface area contributed by atoms with Gasteiger partial charge in [0, 0.05) is 31.0 Å². The number of hydrogen-bond acceptors (Lipinski definition) is 2. The average molecular weight is 272 g/mol. The van der Waals surface area contributed by atoms with Crippen molar-refractivity contribution in [3.63, 3.8) is 0 Å². The highest BCUT2D eigenvalue weighted by Crippen LogP contribution is 2.48. The zero-order chi connectivity index (χ0) is 13.9. The van der Waals surface area contributed by atoms with Crippen LogP contribution in [0.1, 0.15) is 39.5 Å². The van der Waals surface area contributed by atoms with Crippen LogP contribution in [-0.2, 0) is 0 Å². The van der Waals surface area contributed by atoms with E-state index < -0.39 is 0 Å². The third-order valence-corrected chi connectivity index (χ3v) is 5.45. The summed E-state index contributed by atoms with van der Waals surface area (Å²) >= 11 is 0. The second-order valence-corrected chi connectivity index (χ2v) is 6.54. The number of benzene rings is 1. The molecule has 0 amide bonds. The molecule has 2 fully saturated rings. The molecule has 1 aromatic rings. The Morgan fingerprint density at radius 2 is 1.80 bits per heavy atom. The first-order chi connectivity index (χ1) is 9.80. The molecule has 0 saturated heterocycles. The maximum absolute atomic E-state index is 3.66. The maximum Gasteiger partial charge on any atom is 0.0367 e. The summed E-state index contributed by atoms with van der Waals surface area (Å²) in [5.41, 5.74) is 2.61. The van der Waals surface area contributed by atoms with Crippen LogP contribution in [0, 0.1) is 17.8 Å². The van der Waals surface area contributed by atoms with Gasteiger partial charge in [0.25, 0.3) is 0 Å². The monoisotopic (exact) mass is 272 g/mol. The SMILES string of the molecule is CCN(CC)c1ccc(NCC2CC3CCC2C3)cc1. The number of fused-ring (bicyclic) bond motifs is 2. The van der Waals surface area contributed by atoms with E-state index in [0.29, 0.717) is 0 Å². The number of hydrogen-bond donors (Lipinski definition) is 1. The van der Waals surface area contributed by atoms with Gasteiger partial charge in [-0.3, -0.25) is 0 Å². The van der Waals surface area contributed by atoms with E-state index in [1.165, 1.54) is 43.6 Å². The van der Waals surface area contributed by atoms with Gasteiger partial charge in [-0.05, 0) is 75.1 Å². The number of nitrogens with one attached hydrogen (secondary N) is 1. The summed E-state index contributed by atoms with van der Waals surface area (Å²) in [6.45, 7) is 7.75. The van der Waals surface area contributed by atoms with Gasteiger partial charge in [0.05, 0.1) is 0 Å². The molecule has 2 heteroatoms.